The molecule has 0 saturated heterocycles. The highest BCUT2D eigenvalue weighted by Crippen LogP contribution is 2.28. The smallest absolute Gasteiger partial charge is 0.340 e. The van der Waals surface area contributed by atoms with Crippen molar-refractivity contribution in [2.45, 2.75) is 6.92 Å². The van der Waals surface area contributed by atoms with Gasteiger partial charge in [0.1, 0.15) is 11.3 Å². The average Bonchev–Trinajstić information content (AvgIpc) is 3.20. The number of hydrogen-bond donors (Lipinski definition) is 2. The monoisotopic (exact) mass is 448 g/mol. The van der Waals surface area contributed by atoms with Gasteiger partial charge in [0.05, 0.1) is 38.2 Å². The Hall–Kier alpha value is -3.37. The molecule has 0 aliphatic rings. The highest BCUT2D eigenvalue weighted by Gasteiger charge is 2.13. The molecule has 3 aromatic rings. The number of carbonyl (C=O) groups excluding carboxylic acids is 1. The molecule has 0 saturated carbocycles. The summed E-state index contributed by atoms with van der Waals surface area (Å²) in [4.78, 5) is 19.5. The molecule has 0 atom stereocenters. The maximum absolute atomic E-state index is 11.8. The van der Waals surface area contributed by atoms with Crippen LogP contribution in [0, 0.1) is 0 Å². The number of imidazole rings is 1. The molecule has 2 N–H and O–H groups in total. The van der Waals surface area contributed by atoms with Crippen molar-refractivity contribution in [2.24, 2.45) is 0 Å². The minimum absolute atomic E-state index is 0.201. The second kappa shape index (κ2) is 10.6. The van der Waals surface area contributed by atoms with E-state index in [1.165, 1.54) is 14.0 Å². The maximum atomic E-state index is 11.8. The lowest BCUT2D eigenvalue weighted by Crippen LogP contribution is -2.01. The third-order valence-electron chi connectivity index (χ3n) is 4.14. The molecule has 9 nitrogen and oxygen atoms in total. The fraction of sp³-hybridized carbons (Fsp3) is 0.238. The summed E-state index contributed by atoms with van der Waals surface area (Å²) >= 11 is 0. The molecule has 0 unspecified atom stereocenters. The van der Waals surface area contributed by atoms with E-state index in [1.54, 1.807) is 26.4 Å². The van der Waals surface area contributed by atoms with Crippen molar-refractivity contribution in [1.82, 2.24) is 9.97 Å². The lowest BCUT2D eigenvalue weighted by atomic mass is 10.2. The first-order valence-corrected chi connectivity index (χ1v) is 10.8. The quantitative estimate of drug-likeness (QED) is 0.434. The van der Waals surface area contributed by atoms with Gasteiger partial charge in [-0.3, -0.25) is 4.55 Å². The zero-order valence-corrected chi connectivity index (χ0v) is 18.4. The number of aromatic amines is 1. The van der Waals surface area contributed by atoms with E-state index in [-0.39, 0.29) is 5.75 Å². The Bertz CT molecular complexity index is 1180. The van der Waals surface area contributed by atoms with E-state index in [2.05, 4.69) is 9.97 Å². The van der Waals surface area contributed by atoms with Crippen molar-refractivity contribution in [1.29, 1.82) is 0 Å². The summed E-state index contributed by atoms with van der Waals surface area (Å²) in [6.07, 6.45) is 3.74. The van der Waals surface area contributed by atoms with Crippen molar-refractivity contribution >= 4 is 39.3 Å². The molecule has 0 fully saturated rings. The van der Waals surface area contributed by atoms with E-state index >= 15 is 0 Å². The number of ether oxygens (including phenoxy) is 3. The van der Waals surface area contributed by atoms with Gasteiger partial charge in [0, 0.05) is 0 Å². The van der Waals surface area contributed by atoms with Gasteiger partial charge in [-0.25, -0.2) is 9.78 Å². The van der Waals surface area contributed by atoms with Gasteiger partial charge in [-0.2, -0.15) is 8.42 Å². The van der Waals surface area contributed by atoms with Crippen LogP contribution in [0.15, 0.2) is 36.4 Å². The summed E-state index contributed by atoms with van der Waals surface area (Å²) in [6.45, 7) is 1.37. The Balaban J connectivity index is 0.000000501. The number of rotatable bonds is 6. The molecule has 0 amide bonds. The predicted molar refractivity (Wildman–Crippen MR) is 118 cm³/mol. The number of carbonyl (C=O) groups is 1. The van der Waals surface area contributed by atoms with Gasteiger partial charge >= 0.3 is 5.97 Å². The second-order valence-corrected chi connectivity index (χ2v) is 7.87. The van der Waals surface area contributed by atoms with Crippen molar-refractivity contribution in [2.75, 3.05) is 27.1 Å². The number of esters is 1. The first kappa shape index (κ1) is 23.9. The topological polar surface area (TPSA) is 128 Å². The number of nitrogens with one attached hydrogen (secondary N) is 1. The number of methoxy groups -OCH3 is 3. The molecule has 10 heteroatoms. The van der Waals surface area contributed by atoms with Crippen LogP contribution in [0.5, 0.6) is 11.5 Å². The van der Waals surface area contributed by atoms with Gasteiger partial charge in [-0.15, -0.1) is 0 Å². The Morgan fingerprint density at radius 1 is 1.10 bits per heavy atom. The van der Waals surface area contributed by atoms with Crippen molar-refractivity contribution in [3.8, 4) is 11.5 Å². The van der Waals surface area contributed by atoms with Crippen molar-refractivity contribution < 1.29 is 32.0 Å². The summed E-state index contributed by atoms with van der Waals surface area (Å²) in [6, 6.07) is 11.0. The first-order chi connectivity index (χ1) is 14.7. The van der Waals surface area contributed by atoms with Crippen LogP contribution in [0.1, 0.15) is 28.7 Å². The van der Waals surface area contributed by atoms with Crippen LogP contribution in [-0.4, -0.2) is 56.0 Å². The van der Waals surface area contributed by atoms with Gasteiger partial charge in [-0.1, -0.05) is 18.2 Å². The Labute approximate surface area is 180 Å². The van der Waals surface area contributed by atoms with Crippen LogP contribution >= 0.6 is 0 Å². The molecule has 3 rings (SSSR count). The molecule has 31 heavy (non-hydrogen) atoms. The van der Waals surface area contributed by atoms with E-state index in [0.717, 1.165) is 11.1 Å². The van der Waals surface area contributed by atoms with Gasteiger partial charge in [-0.05, 0) is 42.8 Å². The van der Waals surface area contributed by atoms with Crippen LogP contribution in [-0.2, 0) is 14.9 Å². The predicted octanol–water partition coefficient (Wildman–Crippen LogP) is 3.43. The standard InChI is InChI=1S/C19H18N2O4.C2H6O3S/c1-23-15-9-7-12(11-16(15)24-2)8-10-17-20-14-6-4-5-13(18(14)21-17)19(22)25-3;1-2-6(3,4)5/h4-11H,1-3H3,(H,20,21);2H2,1H3,(H,3,4,5)/b10-8+;. The summed E-state index contributed by atoms with van der Waals surface area (Å²) in [5, 5.41) is 0. The lowest BCUT2D eigenvalue weighted by Gasteiger charge is -2.07. The molecule has 0 radical (unpaired) electrons. The van der Waals surface area contributed by atoms with Crippen LogP contribution < -0.4 is 9.47 Å². The Kier molecular flexibility index (Phi) is 8.17. The number of benzene rings is 2. The van der Waals surface area contributed by atoms with Crippen molar-refractivity contribution in [3.63, 3.8) is 0 Å². The van der Waals surface area contributed by atoms with Gasteiger partial charge in [0.25, 0.3) is 10.1 Å². The minimum atomic E-state index is -3.66. The van der Waals surface area contributed by atoms with Crippen LogP contribution in [0.3, 0.4) is 0 Å². The zero-order chi connectivity index (χ0) is 23.0. The number of fused-ring (bicyclic) bond motifs is 1. The van der Waals surface area contributed by atoms with E-state index in [1.807, 2.05) is 36.4 Å². The molecule has 0 aliphatic heterocycles. The third-order valence-corrected chi connectivity index (χ3v) is 4.87. The first-order valence-electron chi connectivity index (χ1n) is 9.14. The Morgan fingerprint density at radius 3 is 2.35 bits per heavy atom. The van der Waals surface area contributed by atoms with Gasteiger partial charge < -0.3 is 19.2 Å². The summed E-state index contributed by atoms with van der Waals surface area (Å²) in [7, 11) is 0.885. The summed E-state index contributed by atoms with van der Waals surface area (Å²) in [5.74, 6) is 1.36. The van der Waals surface area contributed by atoms with Gasteiger partial charge in [0.15, 0.2) is 11.5 Å². The van der Waals surface area contributed by atoms with E-state index < -0.39 is 16.1 Å². The fourth-order valence-corrected chi connectivity index (χ4v) is 2.54. The molecule has 0 aliphatic carbocycles. The highest BCUT2D eigenvalue weighted by atomic mass is 32.2. The van der Waals surface area contributed by atoms with E-state index in [9.17, 15) is 13.2 Å². The summed E-state index contributed by atoms with van der Waals surface area (Å²) in [5.41, 5.74) is 2.73. The van der Waals surface area contributed by atoms with E-state index in [0.29, 0.717) is 28.4 Å². The maximum Gasteiger partial charge on any atom is 0.340 e. The molecule has 0 bridgehead atoms. The highest BCUT2D eigenvalue weighted by molar-refractivity contribution is 7.85. The third kappa shape index (κ3) is 6.56. The Morgan fingerprint density at radius 2 is 1.77 bits per heavy atom. The number of aromatic nitrogens is 2. The van der Waals surface area contributed by atoms with E-state index in [4.69, 9.17) is 18.8 Å². The molecule has 0 spiro atoms. The zero-order valence-electron chi connectivity index (χ0n) is 17.6. The molecular formula is C21H24N2O7S. The molecule has 1 aromatic heterocycles. The largest absolute Gasteiger partial charge is 0.493 e. The minimum Gasteiger partial charge on any atom is -0.493 e. The van der Waals surface area contributed by atoms with Crippen molar-refractivity contribution in [3.05, 3.63) is 53.3 Å². The number of H-pyrrole nitrogens is 1. The van der Waals surface area contributed by atoms with Crippen LogP contribution in [0.2, 0.25) is 0 Å². The second-order valence-electron chi connectivity index (χ2n) is 6.13. The number of hydrogen-bond acceptors (Lipinski definition) is 7. The molecular weight excluding hydrogens is 424 g/mol. The van der Waals surface area contributed by atoms with Crippen LogP contribution in [0.25, 0.3) is 23.2 Å². The molecule has 2 aromatic carbocycles. The number of para-hydroxylation sites is 1. The molecule has 1 heterocycles. The summed E-state index contributed by atoms with van der Waals surface area (Å²) < 4.78 is 42.2. The number of nitrogens with zero attached hydrogens (tertiary/aromatic N) is 1. The molecule has 166 valence electrons. The SMILES string of the molecule is CCS(=O)(=O)O.COC(=O)c1cccc2[nH]c(/C=C/c3ccc(OC)c(OC)c3)nc12. The normalized spacial score (nSPS) is 11.1. The fourth-order valence-electron chi connectivity index (χ4n) is 2.54. The lowest BCUT2D eigenvalue weighted by molar-refractivity contribution is 0.0602. The average molecular weight is 448 g/mol. The van der Waals surface area contributed by atoms with Gasteiger partial charge in [0.2, 0.25) is 0 Å². The van der Waals surface area contributed by atoms with Crippen LogP contribution in [0.4, 0.5) is 0 Å².